The van der Waals surface area contributed by atoms with Crippen LogP contribution in [0.25, 0.3) is 0 Å². The van der Waals surface area contributed by atoms with Crippen LogP contribution < -0.4 is 0 Å². The molecule has 0 aromatic heterocycles. The predicted octanol–water partition coefficient (Wildman–Crippen LogP) is 1.38. The van der Waals surface area contributed by atoms with Crippen LogP contribution in [0, 0.1) is 6.92 Å². The van der Waals surface area contributed by atoms with E-state index in [4.69, 9.17) is 28.3 Å². The van der Waals surface area contributed by atoms with Gasteiger partial charge in [0.25, 0.3) is 0 Å². The van der Waals surface area contributed by atoms with Crippen LogP contribution >= 0.6 is 23.2 Å². The normalized spacial score (nSPS) is 12.0. The van der Waals surface area contributed by atoms with Crippen molar-refractivity contribution >= 4 is 23.2 Å². The first-order chi connectivity index (χ1) is 3.06. The topological polar surface area (TPSA) is 20.2 Å². The van der Waals surface area contributed by atoms with Crippen LogP contribution in [-0.4, -0.2) is 16.0 Å². The first-order valence-electron chi connectivity index (χ1n) is 1.90. The Morgan fingerprint density at radius 1 is 1.57 bits per heavy atom. The summed E-state index contributed by atoms with van der Waals surface area (Å²) in [5.41, 5.74) is 0. The first kappa shape index (κ1) is 7.54. The number of aliphatic hydroxyl groups excluding tert-OH is 1. The second-order valence-electron chi connectivity index (χ2n) is 1.33. The highest BCUT2D eigenvalue weighted by molar-refractivity contribution is 6.48. The van der Waals surface area contributed by atoms with Crippen LogP contribution in [0.3, 0.4) is 0 Å². The molecule has 1 nitrogen and oxygen atoms in total. The summed E-state index contributed by atoms with van der Waals surface area (Å²) in [4.78, 5) is 0. The van der Waals surface area contributed by atoms with Gasteiger partial charge in [0, 0.05) is 13.0 Å². The highest BCUT2D eigenvalue weighted by atomic mass is 35.5. The fourth-order valence-electron chi connectivity index (χ4n) is 0.164. The molecular weight excluding hydrogens is 135 g/mol. The average molecular weight is 142 g/mol. The molecule has 0 saturated heterocycles. The maximum Gasteiger partial charge on any atom is 0.120 e. The van der Waals surface area contributed by atoms with Gasteiger partial charge in [-0.25, -0.2) is 0 Å². The van der Waals surface area contributed by atoms with Crippen molar-refractivity contribution in [3.8, 4) is 0 Å². The minimum absolute atomic E-state index is 0.0174. The average Bonchev–Trinajstić information content (AvgIpc) is 1.30. The van der Waals surface area contributed by atoms with E-state index < -0.39 is 4.33 Å². The number of alkyl halides is 2. The fraction of sp³-hybridized carbons (Fsp3) is 0.750. The summed E-state index contributed by atoms with van der Waals surface area (Å²) in [5.74, 6) is 0. The van der Waals surface area contributed by atoms with E-state index in [9.17, 15) is 0 Å². The molecule has 0 aromatic rings. The van der Waals surface area contributed by atoms with Gasteiger partial charge >= 0.3 is 0 Å². The summed E-state index contributed by atoms with van der Waals surface area (Å²) in [6.07, 6.45) is 0.316. The summed E-state index contributed by atoms with van der Waals surface area (Å²) >= 11 is 10.7. The molecule has 0 unspecified atom stereocenters. The molecule has 0 aliphatic heterocycles. The molecule has 0 atom stereocenters. The van der Waals surface area contributed by atoms with Crippen molar-refractivity contribution in [1.29, 1.82) is 0 Å². The third kappa shape index (κ3) is 6.54. The van der Waals surface area contributed by atoms with Gasteiger partial charge in [-0.15, -0.1) is 23.2 Å². The van der Waals surface area contributed by atoms with E-state index >= 15 is 0 Å². The van der Waals surface area contributed by atoms with Crippen molar-refractivity contribution in [2.45, 2.75) is 10.8 Å². The molecule has 0 heterocycles. The molecule has 0 aromatic carbocycles. The fourth-order valence-corrected chi connectivity index (χ4v) is 0.333. The maximum atomic E-state index is 8.19. The van der Waals surface area contributed by atoms with Crippen LogP contribution in [0.4, 0.5) is 0 Å². The lowest BCUT2D eigenvalue weighted by molar-refractivity contribution is 0.286. The Morgan fingerprint density at radius 3 is 2.00 bits per heavy atom. The Bertz CT molecular complexity index is 48.1. The minimum Gasteiger partial charge on any atom is -0.396 e. The van der Waals surface area contributed by atoms with E-state index in [-0.39, 0.29) is 6.61 Å². The zero-order chi connectivity index (χ0) is 5.91. The molecule has 0 bridgehead atoms. The van der Waals surface area contributed by atoms with Gasteiger partial charge in [0.2, 0.25) is 0 Å². The Hall–Kier alpha value is 0.540. The molecule has 1 N–H and O–H groups in total. The number of hydrogen-bond acceptors (Lipinski definition) is 1. The standard InChI is InChI=1S/C4H7Cl2O/c1-4(5,6)2-3-7/h7H,1-3H2. The van der Waals surface area contributed by atoms with Crippen LogP contribution in [0.2, 0.25) is 0 Å². The van der Waals surface area contributed by atoms with Gasteiger partial charge in [-0.2, -0.15) is 0 Å². The Kier molecular flexibility index (Phi) is 2.96. The zero-order valence-electron chi connectivity index (χ0n) is 3.82. The summed E-state index contributed by atoms with van der Waals surface area (Å²) in [5, 5.41) is 8.19. The number of rotatable bonds is 2. The molecule has 0 saturated carbocycles. The van der Waals surface area contributed by atoms with Gasteiger partial charge < -0.3 is 5.11 Å². The molecule has 0 aliphatic carbocycles. The molecule has 43 valence electrons. The lowest BCUT2D eigenvalue weighted by atomic mass is 10.3. The second kappa shape index (κ2) is 2.75. The maximum absolute atomic E-state index is 8.19. The minimum atomic E-state index is -1.01. The Morgan fingerprint density at radius 2 is 2.00 bits per heavy atom. The smallest absolute Gasteiger partial charge is 0.120 e. The Balaban J connectivity index is 3.15. The highest BCUT2D eigenvalue weighted by Crippen LogP contribution is 2.22. The lowest BCUT2D eigenvalue weighted by Gasteiger charge is -2.08. The van der Waals surface area contributed by atoms with Crippen molar-refractivity contribution in [1.82, 2.24) is 0 Å². The van der Waals surface area contributed by atoms with Gasteiger partial charge in [-0.1, -0.05) is 0 Å². The van der Waals surface area contributed by atoms with E-state index in [1.54, 1.807) is 0 Å². The highest BCUT2D eigenvalue weighted by Gasteiger charge is 2.13. The van der Waals surface area contributed by atoms with Crippen molar-refractivity contribution in [3.05, 3.63) is 6.92 Å². The van der Waals surface area contributed by atoms with E-state index in [2.05, 4.69) is 6.92 Å². The van der Waals surface area contributed by atoms with E-state index in [0.29, 0.717) is 6.42 Å². The second-order valence-corrected chi connectivity index (χ2v) is 2.97. The summed E-state index contributed by atoms with van der Waals surface area (Å²) < 4.78 is -1.01. The number of hydrogen-bond donors (Lipinski definition) is 1. The number of halogens is 2. The SMILES string of the molecule is [CH2]C(Cl)(Cl)CCO. The molecule has 0 aliphatic rings. The summed E-state index contributed by atoms with van der Waals surface area (Å²) in [6, 6.07) is 0. The van der Waals surface area contributed by atoms with Gasteiger partial charge in [-0.05, 0) is 6.92 Å². The summed E-state index contributed by atoms with van der Waals surface area (Å²) in [6.45, 7) is 3.31. The van der Waals surface area contributed by atoms with Gasteiger partial charge in [0.05, 0.1) is 0 Å². The van der Waals surface area contributed by atoms with Crippen LogP contribution in [0.5, 0.6) is 0 Å². The van der Waals surface area contributed by atoms with Gasteiger partial charge in [0.15, 0.2) is 0 Å². The molecule has 0 amide bonds. The first-order valence-corrected chi connectivity index (χ1v) is 2.66. The molecular formula is C4H7Cl2O. The molecule has 0 spiro atoms. The van der Waals surface area contributed by atoms with Crippen molar-refractivity contribution in [2.75, 3.05) is 6.61 Å². The van der Waals surface area contributed by atoms with Crippen LogP contribution in [0.15, 0.2) is 0 Å². The lowest BCUT2D eigenvalue weighted by Crippen LogP contribution is -2.08. The molecule has 0 rings (SSSR count). The Labute approximate surface area is 53.2 Å². The predicted molar refractivity (Wildman–Crippen MR) is 31.5 cm³/mol. The monoisotopic (exact) mass is 141 g/mol. The van der Waals surface area contributed by atoms with E-state index in [1.165, 1.54) is 0 Å². The summed E-state index contributed by atoms with van der Waals surface area (Å²) in [7, 11) is 0. The number of aliphatic hydroxyl groups is 1. The molecule has 1 radical (unpaired) electrons. The van der Waals surface area contributed by atoms with Crippen molar-refractivity contribution in [2.24, 2.45) is 0 Å². The zero-order valence-corrected chi connectivity index (χ0v) is 5.34. The third-order valence-corrected chi connectivity index (χ3v) is 0.856. The van der Waals surface area contributed by atoms with Crippen LogP contribution in [-0.2, 0) is 0 Å². The van der Waals surface area contributed by atoms with Crippen LogP contribution in [0.1, 0.15) is 6.42 Å². The van der Waals surface area contributed by atoms with Crippen molar-refractivity contribution in [3.63, 3.8) is 0 Å². The van der Waals surface area contributed by atoms with Gasteiger partial charge in [0.1, 0.15) is 4.33 Å². The molecule has 0 fully saturated rings. The van der Waals surface area contributed by atoms with Crippen molar-refractivity contribution < 1.29 is 5.11 Å². The largest absolute Gasteiger partial charge is 0.396 e. The quantitative estimate of drug-likeness (QED) is 0.577. The van der Waals surface area contributed by atoms with E-state index in [1.807, 2.05) is 0 Å². The molecule has 3 heteroatoms. The van der Waals surface area contributed by atoms with E-state index in [0.717, 1.165) is 0 Å². The van der Waals surface area contributed by atoms with Gasteiger partial charge in [-0.3, -0.25) is 0 Å². The molecule has 7 heavy (non-hydrogen) atoms. The third-order valence-electron chi connectivity index (χ3n) is 0.478.